The van der Waals surface area contributed by atoms with E-state index >= 15 is 0 Å². The van der Waals surface area contributed by atoms with Crippen LogP contribution >= 0.6 is 23.2 Å². The number of ether oxygens (including phenoxy) is 1. The fourth-order valence-corrected chi connectivity index (χ4v) is 2.81. The molecule has 0 radical (unpaired) electrons. The van der Waals surface area contributed by atoms with Crippen molar-refractivity contribution in [3.05, 3.63) is 17.0 Å². The van der Waals surface area contributed by atoms with Crippen LogP contribution in [0.4, 0.5) is 5.82 Å². The molecular weight excluding hydrogens is 273 g/mol. The second-order valence-corrected chi connectivity index (χ2v) is 5.21. The van der Waals surface area contributed by atoms with Crippen LogP contribution in [0.5, 0.6) is 0 Å². The highest BCUT2D eigenvalue weighted by Gasteiger charge is 2.28. The van der Waals surface area contributed by atoms with Crippen molar-refractivity contribution in [3.63, 3.8) is 0 Å². The Bertz CT molecular complexity index is 416. The lowest BCUT2D eigenvalue weighted by molar-refractivity contribution is 0.0496. The third-order valence-electron chi connectivity index (χ3n) is 3.50. The molecule has 0 saturated carbocycles. The van der Waals surface area contributed by atoms with E-state index in [1.165, 1.54) is 6.33 Å². The van der Waals surface area contributed by atoms with Crippen molar-refractivity contribution in [2.75, 3.05) is 25.1 Å². The monoisotopic (exact) mass is 289 g/mol. The molecule has 4 nitrogen and oxygen atoms in total. The minimum Gasteiger partial charge on any atom is -0.379 e. The quantitative estimate of drug-likeness (QED) is 0.634. The van der Waals surface area contributed by atoms with Gasteiger partial charge in [-0.25, -0.2) is 9.97 Å². The third kappa shape index (κ3) is 2.71. The van der Waals surface area contributed by atoms with Crippen LogP contribution in [0.1, 0.15) is 18.9 Å². The Balaban J connectivity index is 2.24. The highest BCUT2D eigenvalue weighted by molar-refractivity contribution is 6.31. The SMILES string of the molecule is COC1CN(c2ncnc(Cl)c2CCl)CCC1C. The van der Waals surface area contributed by atoms with E-state index in [-0.39, 0.29) is 6.10 Å². The molecule has 0 amide bonds. The van der Waals surface area contributed by atoms with E-state index in [9.17, 15) is 0 Å². The predicted octanol–water partition coefficient (Wildman–Crippen LogP) is 2.73. The topological polar surface area (TPSA) is 38.2 Å². The molecule has 0 spiro atoms. The molecule has 2 atom stereocenters. The number of alkyl halides is 1. The van der Waals surface area contributed by atoms with Gasteiger partial charge in [-0.2, -0.15) is 0 Å². The van der Waals surface area contributed by atoms with Gasteiger partial charge in [0.15, 0.2) is 0 Å². The number of rotatable bonds is 3. The smallest absolute Gasteiger partial charge is 0.138 e. The molecule has 100 valence electrons. The van der Waals surface area contributed by atoms with Crippen LogP contribution in [0, 0.1) is 5.92 Å². The zero-order valence-corrected chi connectivity index (χ0v) is 12.1. The van der Waals surface area contributed by atoms with Gasteiger partial charge in [0.1, 0.15) is 17.3 Å². The Morgan fingerprint density at radius 2 is 2.28 bits per heavy atom. The standard InChI is InChI=1S/C12H17Cl2N3O/c1-8-3-4-17(6-10(8)18-2)12-9(5-13)11(14)15-7-16-12/h7-8,10H,3-6H2,1-2H3. The van der Waals surface area contributed by atoms with Gasteiger partial charge in [0.05, 0.1) is 12.0 Å². The largest absolute Gasteiger partial charge is 0.379 e. The van der Waals surface area contributed by atoms with E-state index < -0.39 is 0 Å². The van der Waals surface area contributed by atoms with Gasteiger partial charge in [-0.3, -0.25) is 0 Å². The predicted molar refractivity (Wildman–Crippen MR) is 73.4 cm³/mol. The molecule has 0 N–H and O–H groups in total. The molecule has 1 aliphatic heterocycles. The van der Waals surface area contributed by atoms with Gasteiger partial charge in [-0.1, -0.05) is 18.5 Å². The lowest BCUT2D eigenvalue weighted by Crippen LogP contribution is -2.44. The first-order valence-corrected chi connectivity index (χ1v) is 6.91. The van der Waals surface area contributed by atoms with Crippen molar-refractivity contribution in [2.24, 2.45) is 5.92 Å². The summed E-state index contributed by atoms with van der Waals surface area (Å²) in [6, 6.07) is 0. The minimum atomic E-state index is 0.218. The van der Waals surface area contributed by atoms with Crippen LogP contribution < -0.4 is 4.90 Å². The molecule has 0 bridgehead atoms. The van der Waals surface area contributed by atoms with Crippen molar-refractivity contribution < 1.29 is 4.74 Å². The Hall–Kier alpha value is -0.580. The van der Waals surface area contributed by atoms with Crippen LogP contribution in [0.15, 0.2) is 6.33 Å². The van der Waals surface area contributed by atoms with E-state index in [1.807, 2.05) is 0 Å². The number of methoxy groups -OCH3 is 1. The summed E-state index contributed by atoms with van der Waals surface area (Å²) in [5, 5.41) is 0.433. The van der Waals surface area contributed by atoms with Crippen molar-refractivity contribution in [2.45, 2.75) is 25.3 Å². The Morgan fingerprint density at radius 3 is 2.94 bits per heavy atom. The van der Waals surface area contributed by atoms with Gasteiger partial charge < -0.3 is 9.64 Å². The lowest BCUT2D eigenvalue weighted by Gasteiger charge is -2.37. The summed E-state index contributed by atoms with van der Waals surface area (Å²) in [6.45, 7) is 3.97. The van der Waals surface area contributed by atoms with Gasteiger partial charge in [-0.05, 0) is 12.3 Å². The molecular formula is C12H17Cl2N3O. The molecule has 6 heteroatoms. The summed E-state index contributed by atoms with van der Waals surface area (Å²) in [4.78, 5) is 10.5. The van der Waals surface area contributed by atoms with E-state index in [4.69, 9.17) is 27.9 Å². The Morgan fingerprint density at radius 1 is 1.50 bits per heavy atom. The van der Waals surface area contributed by atoms with Crippen molar-refractivity contribution in [3.8, 4) is 0 Å². The second-order valence-electron chi connectivity index (χ2n) is 4.59. The summed E-state index contributed by atoms with van der Waals surface area (Å²) in [6.07, 6.45) is 2.77. The highest BCUT2D eigenvalue weighted by atomic mass is 35.5. The number of aromatic nitrogens is 2. The third-order valence-corrected chi connectivity index (χ3v) is 4.09. The molecule has 1 fully saturated rings. The average molecular weight is 290 g/mol. The fourth-order valence-electron chi connectivity index (χ4n) is 2.30. The minimum absolute atomic E-state index is 0.218. The Kier molecular flexibility index (Phi) is 4.65. The van der Waals surface area contributed by atoms with Crippen LogP contribution in [0.2, 0.25) is 5.15 Å². The first-order valence-electron chi connectivity index (χ1n) is 6.00. The normalized spacial score (nSPS) is 24.3. The molecule has 2 heterocycles. The van der Waals surface area contributed by atoms with E-state index in [0.29, 0.717) is 17.0 Å². The molecule has 18 heavy (non-hydrogen) atoms. The molecule has 0 aromatic carbocycles. The molecule has 0 aliphatic carbocycles. The van der Waals surface area contributed by atoms with Gasteiger partial charge in [0.25, 0.3) is 0 Å². The van der Waals surface area contributed by atoms with Crippen LogP contribution in [-0.4, -0.2) is 36.3 Å². The van der Waals surface area contributed by atoms with E-state index in [2.05, 4.69) is 21.8 Å². The maximum atomic E-state index is 6.05. The molecule has 1 aliphatic rings. The van der Waals surface area contributed by atoms with Crippen LogP contribution in [0.3, 0.4) is 0 Å². The van der Waals surface area contributed by atoms with Gasteiger partial charge in [0.2, 0.25) is 0 Å². The van der Waals surface area contributed by atoms with E-state index in [1.54, 1.807) is 7.11 Å². The van der Waals surface area contributed by atoms with Gasteiger partial charge in [-0.15, -0.1) is 11.6 Å². The zero-order valence-electron chi connectivity index (χ0n) is 10.6. The van der Waals surface area contributed by atoms with Crippen LogP contribution in [-0.2, 0) is 10.6 Å². The highest BCUT2D eigenvalue weighted by Crippen LogP contribution is 2.29. The number of anilines is 1. The molecule has 2 unspecified atom stereocenters. The molecule has 2 rings (SSSR count). The molecule has 1 aromatic rings. The first kappa shape index (κ1) is 13.8. The lowest BCUT2D eigenvalue weighted by atomic mass is 9.95. The maximum absolute atomic E-state index is 6.05. The van der Waals surface area contributed by atoms with Crippen molar-refractivity contribution in [1.29, 1.82) is 0 Å². The fraction of sp³-hybridized carbons (Fsp3) is 0.667. The summed E-state index contributed by atoms with van der Waals surface area (Å²) in [7, 11) is 1.75. The van der Waals surface area contributed by atoms with E-state index in [0.717, 1.165) is 30.9 Å². The van der Waals surface area contributed by atoms with Crippen LogP contribution in [0.25, 0.3) is 0 Å². The number of hydrogen-bond donors (Lipinski definition) is 0. The first-order chi connectivity index (χ1) is 8.67. The Labute approximate surface area is 117 Å². The zero-order chi connectivity index (χ0) is 13.1. The average Bonchev–Trinajstić information content (AvgIpc) is 2.39. The summed E-state index contributed by atoms with van der Waals surface area (Å²) in [5.74, 6) is 1.71. The maximum Gasteiger partial charge on any atom is 0.138 e. The number of piperidine rings is 1. The summed E-state index contributed by atoms with van der Waals surface area (Å²) < 4.78 is 5.51. The van der Waals surface area contributed by atoms with Gasteiger partial charge >= 0.3 is 0 Å². The molecule has 1 aromatic heterocycles. The number of hydrogen-bond acceptors (Lipinski definition) is 4. The molecule has 1 saturated heterocycles. The summed E-state index contributed by atoms with van der Waals surface area (Å²) in [5.41, 5.74) is 0.797. The van der Waals surface area contributed by atoms with Crippen molar-refractivity contribution >= 4 is 29.0 Å². The number of nitrogens with zero attached hydrogens (tertiary/aromatic N) is 3. The second kappa shape index (κ2) is 6.04. The van der Waals surface area contributed by atoms with Crippen molar-refractivity contribution in [1.82, 2.24) is 9.97 Å². The number of halogens is 2. The summed E-state index contributed by atoms with van der Waals surface area (Å²) >= 11 is 12.0. The van der Waals surface area contributed by atoms with Gasteiger partial charge in [0, 0.05) is 25.8 Å².